The minimum Gasteiger partial charge on any atom is -0.324 e. The zero-order valence-corrected chi connectivity index (χ0v) is 11.1. The third-order valence-corrected chi connectivity index (χ3v) is 3.87. The molecule has 2 rings (SSSR count). The predicted molar refractivity (Wildman–Crippen MR) is 73.6 cm³/mol. The highest BCUT2D eigenvalue weighted by Crippen LogP contribution is 2.18. The molecule has 0 aliphatic carbocycles. The molecule has 0 fully saturated rings. The number of nitrogens with one attached hydrogen (secondary N) is 1. The van der Waals surface area contributed by atoms with E-state index in [1.165, 1.54) is 23.1 Å². The third kappa shape index (κ3) is 3.80. The van der Waals surface area contributed by atoms with E-state index in [2.05, 4.69) is 15.5 Å². The number of carbonyl (C=O) groups is 1. The molecule has 18 heavy (non-hydrogen) atoms. The van der Waals surface area contributed by atoms with Gasteiger partial charge in [0.1, 0.15) is 5.01 Å². The lowest BCUT2D eigenvalue weighted by atomic mass is 10.4. The van der Waals surface area contributed by atoms with E-state index in [9.17, 15) is 4.79 Å². The summed E-state index contributed by atoms with van der Waals surface area (Å²) in [4.78, 5) is 12.7. The lowest BCUT2D eigenvalue weighted by Gasteiger charge is -2.01. The lowest BCUT2D eigenvalue weighted by Crippen LogP contribution is -2.13. The molecule has 0 spiro atoms. The molecule has 1 aromatic heterocycles. The van der Waals surface area contributed by atoms with Crippen molar-refractivity contribution in [1.29, 1.82) is 0 Å². The van der Waals surface area contributed by atoms with Gasteiger partial charge in [-0.25, -0.2) is 0 Å². The van der Waals surface area contributed by atoms with Gasteiger partial charge in [0.2, 0.25) is 11.0 Å². The molecule has 0 saturated heterocycles. The van der Waals surface area contributed by atoms with Crippen LogP contribution in [0.3, 0.4) is 0 Å². The molecule has 0 unspecified atom stereocenters. The summed E-state index contributed by atoms with van der Waals surface area (Å²) in [5, 5.41) is 11.6. The van der Waals surface area contributed by atoms with Crippen molar-refractivity contribution in [3.05, 3.63) is 35.3 Å². The van der Waals surface area contributed by atoms with Gasteiger partial charge >= 0.3 is 0 Å². The molecule has 0 saturated carbocycles. The molecule has 1 amide bonds. The van der Waals surface area contributed by atoms with E-state index in [0.29, 0.717) is 22.4 Å². The number of rotatable bonds is 5. The third-order valence-electron chi connectivity index (χ3n) is 2.00. The van der Waals surface area contributed by atoms with Crippen molar-refractivity contribution in [1.82, 2.24) is 10.2 Å². The van der Waals surface area contributed by atoms with Gasteiger partial charge in [-0.2, -0.15) is 0 Å². The highest BCUT2D eigenvalue weighted by molar-refractivity contribution is 8.00. The van der Waals surface area contributed by atoms with E-state index >= 15 is 0 Å². The molecule has 0 radical (unpaired) electrons. The Hall–Kier alpha value is -1.44. The highest BCUT2D eigenvalue weighted by atomic mass is 32.2. The second kappa shape index (κ2) is 6.48. The number of thioether (sulfide) groups is 1. The van der Waals surface area contributed by atoms with Crippen molar-refractivity contribution in [2.45, 2.75) is 11.4 Å². The number of amides is 1. The van der Waals surface area contributed by atoms with Crippen LogP contribution in [0.2, 0.25) is 0 Å². The summed E-state index contributed by atoms with van der Waals surface area (Å²) < 4.78 is 0. The Morgan fingerprint density at radius 1 is 1.33 bits per heavy atom. The maximum Gasteiger partial charge on any atom is 0.236 e. The number of anilines is 1. The van der Waals surface area contributed by atoms with E-state index in [1.54, 1.807) is 0 Å². The molecule has 7 heteroatoms. The molecule has 0 bridgehead atoms. The number of hydrogen-bond donors (Lipinski definition) is 2. The molecule has 94 valence electrons. The van der Waals surface area contributed by atoms with Crippen molar-refractivity contribution >= 4 is 34.1 Å². The van der Waals surface area contributed by atoms with Crippen LogP contribution in [0.1, 0.15) is 5.01 Å². The van der Waals surface area contributed by atoms with Crippen molar-refractivity contribution in [3.63, 3.8) is 0 Å². The highest BCUT2D eigenvalue weighted by Gasteiger charge is 2.07. The Kier molecular flexibility index (Phi) is 4.68. The van der Waals surface area contributed by atoms with Crippen LogP contribution in [0.5, 0.6) is 0 Å². The van der Waals surface area contributed by atoms with Crippen molar-refractivity contribution in [3.8, 4) is 0 Å². The van der Waals surface area contributed by atoms with Crippen molar-refractivity contribution in [2.75, 3.05) is 11.1 Å². The average molecular weight is 280 g/mol. The minimum absolute atomic E-state index is 0.0939. The van der Waals surface area contributed by atoms with Gasteiger partial charge in [-0.05, 0) is 12.1 Å². The van der Waals surface area contributed by atoms with Crippen LogP contribution in [-0.2, 0) is 11.3 Å². The number of benzene rings is 1. The second-order valence-electron chi connectivity index (χ2n) is 3.35. The fourth-order valence-corrected chi connectivity index (χ4v) is 2.56. The molecular weight excluding hydrogens is 268 g/mol. The Morgan fingerprint density at radius 2 is 2.11 bits per heavy atom. The lowest BCUT2D eigenvalue weighted by molar-refractivity contribution is -0.113. The van der Waals surface area contributed by atoms with Crippen LogP contribution >= 0.6 is 23.1 Å². The van der Waals surface area contributed by atoms with Gasteiger partial charge in [0.15, 0.2) is 0 Å². The van der Waals surface area contributed by atoms with Crippen LogP contribution in [-0.4, -0.2) is 21.9 Å². The summed E-state index contributed by atoms with van der Waals surface area (Å²) in [6.45, 7) is 0.340. The summed E-state index contributed by atoms with van der Waals surface area (Å²) in [5.74, 6) is 0.255. The maximum atomic E-state index is 11.7. The Labute approximate surface area is 113 Å². The van der Waals surface area contributed by atoms with Gasteiger partial charge in [-0.15, -0.1) is 22.0 Å². The molecule has 2 aromatic rings. The summed E-state index contributed by atoms with van der Waals surface area (Å²) in [6.07, 6.45) is 0. The minimum atomic E-state index is -0.0939. The smallest absolute Gasteiger partial charge is 0.236 e. The van der Waals surface area contributed by atoms with Crippen LogP contribution in [0.25, 0.3) is 0 Å². The van der Waals surface area contributed by atoms with E-state index in [-0.39, 0.29) is 5.91 Å². The number of hydrogen-bond acceptors (Lipinski definition) is 6. The molecule has 5 nitrogen and oxygen atoms in total. The first-order valence-electron chi connectivity index (χ1n) is 5.28. The SMILES string of the molecule is NCc1nnc(NC(=O)CSc2ccccc2)s1. The molecule has 3 N–H and O–H groups in total. The molecule has 1 heterocycles. The first-order valence-corrected chi connectivity index (χ1v) is 7.08. The normalized spacial score (nSPS) is 10.3. The molecular formula is C11H12N4OS2. The average Bonchev–Trinajstić information content (AvgIpc) is 2.85. The molecule has 0 aliphatic rings. The molecule has 0 aliphatic heterocycles. The van der Waals surface area contributed by atoms with E-state index in [4.69, 9.17) is 5.73 Å². The van der Waals surface area contributed by atoms with Crippen molar-refractivity contribution in [2.24, 2.45) is 5.73 Å². The topological polar surface area (TPSA) is 80.9 Å². The zero-order valence-electron chi connectivity index (χ0n) is 9.50. The first-order chi connectivity index (χ1) is 8.78. The van der Waals surface area contributed by atoms with Gasteiger partial charge < -0.3 is 5.73 Å². The van der Waals surface area contributed by atoms with Gasteiger partial charge in [0.25, 0.3) is 0 Å². The van der Waals surface area contributed by atoms with Crippen LogP contribution in [0, 0.1) is 0 Å². The summed E-state index contributed by atoms with van der Waals surface area (Å²) in [6, 6.07) is 9.77. The summed E-state index contributed by atoms with van der Waals surface area (Å²) >= 11 is 2.77. The second-order valence-corrected chi connectivity index (χ2v) is 5.47. The molecule has 1 aromatic carbocycles. The van der Waals surface area contributed by atoms with Gasteiger partial charge in [0, 0.05) is 11.4 Å². The van der Waals surface area contributed by atoms with E-state index in [1.807, 2.05) is 30.3 Å². The van der Waals surface area contributed by atoms with Gasteiger partial charge in [0.05, 0.1) is 5.75 Å². The number of carbonyl (C=O) groups excluding carboxylic acids is 1. The van der Waals surface area contributed by atoms with E-state index < -0.39 is 0 Å². The Bertz CT molecular complexity index is 515. The summed E-state index contributed by atoms with van der Waals surface area (Å²) in [5.41, 5.74) is 5.42. The largest absolute Gasteiger partial charge is 0.324 e. The Morgan fingerprint density at radius 3 is 2.78 bits per heavy atom. The number of aromatic nitrogens is 2. The quantitative estimate of drug-likeness (QED) is 0.815. The zero-order chi connectivity index (χ0) is 12.8. The monoisotopic (exact) mass is 280 g/mol. The summed E-state index contributed by atoms with van der Waals surface area (Å²) in [7, 11) is 0. The Balaban J connectivity index is 1.82. The fourth-order valence-electron chi connectivity index (χ4n) is 1.21. The fraction of sp³-hybridized carbons (Fsp3) is 0.182. The van der Waals surface area contributed by atoms with Crippen LogP contribution in [0.4, 0.5) is 5.13 Å². The first kappa shape index (κ1) is 13.0. The molecule has 0 atom stereocenters. The van der Waals surface area contributed by atoms with E-state index in [0.717, 1.165) is 4.90 Å². The van der Waals surface area contributed by atoms with Crippen molar-refractivity contribution < 1.29 is 4.79 Å². The predicted octanol–water partition coefficient (Wildman–Crippen LogP) is 1.73. The number of nitrogens with two attached hydrogens (primary N) is 1. The van der Waals surface area contributed by atoms with Gasteiger partial charge in [-0.3, -0.25) is 10.1 Å². The van der Waals surface area contributed by atoms with Crippen LogP contribution in [0.15, 0.2) is 35.2 Å². The van der Waals surface area contributed by atoms with Gasteiger partial charge in [-0.1, -0.05) is 29.5 Å². The van der Waals surface area contributed by atoms with Crippen LogP contribution < -0.4 is 11.1 Å². The standard InChI is InChI=1S/C11H12N4OS2/c12-6-10-14-15-11(18-10)13-9(16)7-17-8-4-2-1-3-5-8/h1-5H,6-7,12H2,(H,13,15,16). The maximum absolute atomic E-state index is 11.7. The number of nitrogens with zero attached hydrogens (tertiary/aromatic N) is 2.